The fraction of sp³-hybridized carbons (Fsp3) is 0.185. The molecule has 2 aromatic carbocycles. The zero-order valence-electron chi connectivity index (χ0n) is 17.4. The van der Waals surface area contributed by atoms with Crippen LogP contribution < -0.4 is 0 Å². The Morgan fingerprint density at radius 1 is 0.733 bits per heavy atom. The summed E-state index contributed by atoms with van der Waals surface area (Å²) in [6.45, 7) is 6.55. The van der Waals surface area contributed by atoms with Gasteiger partial charge < -0.3 is 4.98 Å². The number of pyridine rings is 2. The SMILES string of the molecule is CC(c1cccc(-c2[c-]cccc2)n1)c1cccc(C(C)(C)c2[c-]cccc2)n1.[Ir]. The van der Waals surface area contributed by atoms with Crippen LogP contribution in [0, 0.1) is 12.1 Å². The van der Waals surface area contributed by atoms with E-state index in [1.54, 1.807) is 0 Å². The fourth-order valence-electron chi connectivity index (χ4n) is 3.51. The van der Waals surface area contributed by atoms with Crippen LogP contribution in [0.2, 0.25) is 0 Å². The van der Waals surface area contributed by atoms with Gasteiger partial charge in [0.05, 0.1) is 0 Å². The molecule has 4 rings (SSSR count). The summed E-state index contributed by atoms with van der Waals surface area (Å²) in [5.74, 6) is 0.0918. The van der Waals surface area contributed by atoms with E-state index < -0.39 is 0 Å². The summed E-state index contributed by atoms with van der Waals surface area (Å²) in [6.07, 6.45) is 0. The normalized spacial score (nSPS) is 12.1. The van der Waals surface area contributed by atoms with Crippen molar-refractivity contribution in [1.29, 1.82) is 0 Å². The fourth-order valence-corrected chi connectivity index (χ4v) is 3.51. The Balaban J connectivity index is 0.00000256. The molecule has 0 saturated carbocycles. The molecule has 4 aromatic rings. The minimum absolute atomic E-state index is 0. The molecule has 0 bridgehead atoms. The smallest absolute Gasteiger partial charge is 0.0494 e. The summed E-state index contributed by atoms with van der Waals surface area (Å²) < 4.78 is 0. The second-order valence-corrected chi connectivity index (χ2v) is 7.79. The van der Waals surface area contributed by atoms with Crippen LogP contribution in [0.25, 0.3) is 11.3 Å². The van der Waals surface area contributed by atoms with Gasteiger partial charge in [-0.05, 0) is 23.9 Å². The monoisotopic (exact) mass is 569 g/mol. The molecular formula is C27H24IrN2-2. The van der Waals surface area contributed by atoms with E-state index >= 15 is 0 Å². The number of rotatable bonds is 5. The second kappa shape index (κ2) is 9.47. The van der Waals surface area contributed by atoms with Gasteiger partial charge in [0.25, 0.3) is 0 Å². The van der Waals surface area contributed by atoms with Gasteiger partial charge >= 0.3 is 0 Å². The summed E-state index contributed by atoms with van der Waals surface area (Å²) in [5.41, 5.74) is 5.93. The maximum absolute atomic E-state index is 5.03. The summed E-state index contributed by atoms with van der Waals surface area (Å²) in [6, 6.07) is 35.1. The van der Waals surface area contributed by atoms with Crippen LogP contribution in [-0.2, 0) is 25.5 Å². The molecule has 0 aliphatic carbocycles. The molecule has 2 nitrogen and oxygen atoms in total. The predicted octanol–water partition coefficient (Wildman–Crippen LogP) is 6.22. The molecule has 2 heterocycles. The Morgan fingerprint density at radius 3 is 2.07 bits per heavy atom. The minimum atomic E-state index is -0.217. The third kappa shape index (κ3) is 4.59. The number of hydrogen-bond donors (Lipinski definition) is 0. The van der Waals surface area contributed by atoms with Gasteiger partial charge in [0.15, 0.2) is 0 Å². The average molecular weight is 569 g/mol. The van der Waals surface area contributed by atoms with Crippen molar-refractivity contribution in [3.63, 3.8) is 0 Å². The summed E-state index contributed by atoms with van der Waals surface area (Å²) in [7, 11) is 0. The Hall–Kier alpha value is -2.61. The average Bonchev–Trinajstić information content (AvgIpc) is 2.80. The quantitative estimate of drug-likeness (QED) is 0.267. The Morgan fingerprint density at radius 2 is 1.40 bits per heavy atom. The van der Waals surface area contributed by atoms with Gasteiger partial charge in [-0.25, -0.2) is 0 Å². The summed E-state index contributed by atoms with van der Waals surface area (Å²) in [4.78, 5) is 9.92. The molecule has 0 amide bonds. The zero-order chi connectivity index (χ0) is 20.3. The van der Waals surface area contributed by atoms with Crippen LogP contribution in [0.5, 0.6) is 0 Å². The maximum atomic E-state index is 5.03. The minimum Gasteiger partial charge on any atom is -0.301 e. The Labute approximate surface area is 192 Å². The van der Waals surface area contributed by atoms with E-state index in [0.29, 0.717) is 0 Å². The molecule has 1 unspecified atom stereocenters. The van der Waals surface area contributed by atoms with E-state index in [9.17, 15) is 0 Å². The first-order valence-electron chi connectivity index (χ1n) is 9.94. The van der Waals surface area contributed by atoms with Crippen LogP contribution in [0.3, 0.4) is 0 Å². The zero-order valence-corrected chi connectivity index (χ0v) is 19.8. The van der Waals surface area contributed by atoms with Gasteiger partial charge in [-0.1, -0.05) is 39.0 Å². The van der Waals surface area contributed by atoms with Crippen molar-refractivity contribution < 1.29 is 20.1 Å². The topological polar surface area (TPSA) is 25.8 Å². The number of hydrogen-bond acceptors (Lipinski definition) is 2. The van der Waals surface area contributed by atoms with Crippen LogP contribution in [0.15, 0.2) is 84.9 Å². The van der Waals surface area contributed by atoms with E-state index in [2.05, 4.69) is 75.4 Å². The van der Waals surface area contributed by atoms with Crippen molar-refractivity contribution in [2.24, 2.45) is 0 Å². The molecular weight excluding hydrogens is 545 g/mol. The van der Waals surface area contributed by atoms with E-state index in [4.69, 9.17) is 9.97 Å². The third-order valence-electron chi connectivity index (χ3n) is 5.44. The van der Waals surface area contributed by atoms with E-state index in [-0.39, 0.29) is 31.4 Å². The molecule has 0 fully saturated rings. The third-order valence-corrected chi connectivity index (χ3v) is 5.44. The van der Waals surface area contributed by atoms with Crippen molar-refractivity contribution in [3.8, 4) is 11.3 Å². The molecule has 0 N–H and O–H groups in total. The molecule has 0 aliphatic heterocycles. The van der Waals surface area contributed by atoms with E-state index in [1.807, 2.05) is 42.5 Å². The summed E-state index contributed by atoms with van der Waals surface area (Å²) >= 11 is 0. The molecule has 0 aliphatic rings. The maximum Gasteiger partial charge on any atom is 0.0494 e. The number of nitrogens with zero attached hydrogens (tertiary/aromatic N) is 2. The standard InChI is InChI=1S/C27H24N2.Ir/c1-20(23-16-10-18-25(28-23)21-12-6-4-7-13-21)24-17-11-19-26(29-24)27(2,3)22-14-8-5-9-15-22;/h4-12,14,16-20H,1-3H3;/q-2;. The van der Waals surface area contributed by atoms with Crippen molar-refractivity contribution in [3.05, 3.63) is 120 Å². The second-order valence-electron chi connectivity index (χ2n) is 7.79. The van der Waals surface area contributed by atoms with Crippen molar-refractivity contribution in [2.45, 2.75) is 32.1 Å². The molecule has 1 radical (unpaired) electrons. The van der Waals surface area contributed by atoms with Crippen LogP contribution >= 0.6 is 0 Å². The van der Waals surface area contributed by atoms with E-state index in [0.717, 1.165) is 33.9 Å². The van der Waals surface area contributed by atoms with Gasteiger partial charge in [-0.15, -0.1) is 35.9 Å². The first-order valence-corrected chi connectivity index (χ1v) is 9.94. The van der Waals surface area contributed by atoms with Crippen molar-refractivity contribution >= 4 is 0 Å². The molecule has 153 valence electrons. The van der Waals surface area contributed by atoms with Gasteiger partial charge in [0.1, 0.15) is 0 Å². The van der Waals surface area contributed by atoms with Crippen molar-refractivity contribution in [2.75, 3.05) is 0 Å². The molecule has 0 spiro atoms. The van der Waals surface area contributed by atoms with Crippen LogP contribution in [0.1, 0.15) is 49.3 Å². The predicted molar refractivity (Wildman–Crippen MR) is 118 cm³/mol. The molecule has 0 saturated heterocycles. The van der Waals surface area contributed by atoms with Gasteiger partial charge in [-0.3, -0.25) is 4.98 Å². The first-order chi connectivity index (χ1) is 14.1. The number of benzene rings is 2. The molecule has 3 heteroatoms. The Bertz CT molecular complexity index is 1090. The van der Waals surface area contributed by atoms with Gasteiger partial charge in [0, 0.05) is 48.5 Å². The molecule has 2 aromatic heterocycles. The largest absolute Gasteiger partial charge is 0.301 e. The molecule has 30 heavy (non-hydrogen) atoms. The Kier molecular flexibility index (Phi) is 6.97. The van der Waals surface area contributed by atoms with Gasteiger partial charge in [0.2, 0.25) is 0 Å². The number of aromatic nitrogens is 2. The van der Waals surface area contributed by atoms with Crippen molar-refractivity contribution in [1.82, 2.24) is 9.97 Å². The van der Waals surface area contributed by atoms with Gasteiger partial charge in [-0.2, -0.15) is 35.9 Å². The van der Waals surface area contributed by atoms with Crippen LogP contribution in [0.4, 0.5) is 0 Å². The first kappa shape index (κ1) is 22.1. The van der Waals surface area contributed by atoms with E-state index in [1.165, 1.54) is 0 Å². The molecule has 1 atom stereocenters. The van der Waals surface area contributed by atoms with Crippen LogP contribution in [-0.4, -0.2) is 9.97 Å². The summed E-state index contributed by atoms with van der Waals surface area (Å²) in [5, 5.41) is 0.